The predicted molar refractivity (Wildman–Crippen MR) is 109 cm³/mol. The van der Waals surface area contributed by atoms with Crippen molar-refractivity contribution in [3.05, 3.63) is 59.4 Å². The standard InChI is InChI=1S/C21H25FN2O3.ClH/c1-26-17-5-3-4-15(10-17)21(18-11-16(22)8-9-19(18)27-2)24-20(25)13-23-12-14-6-7-14;/h3-5,8-11,14,21,23H,6-7,12-13H2,1-2H3,(H,24,25);1H. The first-order chi connectivity index (χ1) is 13.1. The summed E-state index contributed by atoms with van der Waals surface area (Å²) in [5, 5.41) is 6.17. The van der Waals surface area contributed by atoms with Crippen molar-refractivity contribution in [3.63, 3.8) is 0 Å². The number of rotatable bonds is 9. The van der Waals surface area contributed by atoms with E-state index in [9.17, 15) is 9.18 Å². The monoisotopic (exact) mass is 408 g/mol. The Morgan fingerprint density at radius 2 is 1.96 bits per heavy atom. The normalized spacial score (nSPS) is 14.0. The Morgan fingerprint density at radius 1 is 1.18 bits per heavy atom. The zero-order chi connectivity index (χ0) is 19.2. The van der Waals surface area contributed by atoms with E-state index in [2.05, 4.69) is 10.6 Å². The first-order valence-corrected chi connectivity index (χ1v) is 9.08. The third-order valence-corrected chi connectivity index (χ3v) is 4.65. The molecule has 1 aliphatic carbocycles. The number of carbonyl (C=O) groups excluding carboxylic acids is 1. The fraction of sp³-hybridized carbons (Fsp3) is 0.381. The Morgan fingerprint density at radius 3 is 2.64 bits per heavy atom. The fourth-order valence-electron chi connectivity index (χ4n) is 3.02. The molecule has 0 bridgehead atoms. The molecule has 0 radical (unpaired) electrons. The molecule has 7 heteroatoms. The average Bonchev–Trinajstić information content (AvgIpc) is 3.50. The number of amides is 1. The summed E-state index contributed by atoms with van der Waals surface area (Å²) in [6, 6.07) is 11.1. The van der Waals surface area contributed by atoms with Crippen LogP contribution in [0.1, 0.15) is 30.0 Å². The number of hydrogen-bond donors (Lipinski definition) is 2. The molecule has 2 N–H and O–H groups in total. The molecule has 1 amide bonds. The van der Waals surface area contributed by atoms with Crippen LogP contribution in [0.15, 0.2) is 42.5 Å². The molecule has 0 spiro atoms. The van der Waals surface area contributed by atoms with Crippen molar-refractivity contribution in [2.75, 3.05) is 27.3 Å². The molecule has 1 aliphatic rings. The maximum atomic E-state index is 13.9. The highest BCUT2D eigenvalue weighted by Gasteiger charge is 2.23. The van der Waals surface area contributed by atoms with E-state index in [1.807, 2.05) is 24.3 Å². The summed E-state index contributed by atoms with van der Waals surface area (Å²) >= 11 is 0. The van der Waals surface area contributed by atoms with Crippen LogP contribution >= 0.6 is 12.4 Å². The molecule has 1 unspecified atom stereocenters. The van der Waals surface area contributed by atoms with Gasteiger partial charge in [-0.1, -0.05) is 12.1 Å². The molecule has 0 saturated heterocycles. The number of methoxy groups -OCH3 is 2. The molecule has 0 aliphatic heterocycles. The first-order valence-electron chi connectivity index (χ1n) is 9.08. The van der Waals surface area contributed by atoms with Crippen molar-refractivity contribution in [2.24, 2.45) is 5.92 Å². The molecule has 3 rings (SSSR count). The zero-order valence-electron chi connectivity index (χ0n) is 16.0. The van der Waals surface area contributed by atoms with Gasteiger partial charge >= 0.3 is 0 Å². The number of nitrogens with one attached hydrogen (secondary N) is 2. The summed E-state index contributed by atoms with van der Waals surface area (Å²) in [4.78, 5) is 12.5. The first kappa shape index (κ1) is 22.0. The molecule has 0 heterocycles. The number of hydrogen-bond acceptors (Lipinski definition) is 4. The summed E-state index contributed by atoms with van der Waals surface area (Å²) in [6.07, 6.45) is 2.45. The summed E-state index contributed by atoms with van der Waals surface area (Å²) in [7, 11) is 3.11. The highest BCUT2D eigenvalue weighted by Crippen LogP contribution is 2.32. The van der Waals surface area contributed by atoms with Crippen molar-refractivity contribution in [1.82, 2.24) is 10.6 Å². The van der Waals surface area contributed by atoms with Crippen LogP contribution < -0.4 is 20.1 Å². The van der Waals surface area contributed by atoms with Gasteiger partial charge in [-0.05, 0) is 61.2 Å². The molecule has 2 aromatic carbocycles. The second-order valence-corrected chi connectivity index (χ2v) is 6.74. The van der Waals surface area contributed by atoms with Crippen LogP contribution in [0.25, 0.3) is 0 Å². The lowest BCUT2D eigenvalue weighted by Crippen LogP contribution is -2.37. The van der Waals surface area contributed by atoms with Crippen molar-refractivity contribution in [2.45, 2.75) is 18.9 Å². The van der Waals surface area contributed by atoms with Gasteiger partial charge in [-0.15, -0.1) is 12.4 Å². The molecule has 2 aromatic rings. The predicted octanol–water partition coefficient (Wildman–Crippen LogP) is 3.47. The lowest BCUT2D eigenvalue weighted by Gasteiger charge is -2.22. The largest absolute Gasteiger partial charge is 0.497 e. The van der Waals surface area contributed by atoms with Gasteiger partial charge < -0.3 is 20.1 Å². The van der Waals surface area contributed by atoms with Gasteiger partial charge in [-0.2, -0.15) is 0 Å². The second kappa shape index (κ2) is 10.3. The van der Waals surface area contributed by atoms with Crippen LogP contribution in [0.5, 0.6) is 11.5 Å². The number of halogens is 2. The minimum atomic E-state index is -0.555. The van der Waals surface area contributed by atoms with Crippen LogP contribution in [-0.4, -0.2) is 33.2 Å². The molecule has 0 aromatic heterocycles. The summed E-state index contributed by atoms with van der Waals surface area (Å²) < 4.78 is 24.6. The highest BCUT2D eigenvalue weighted by atomic mass is 35.5. The van der Waals surface area contributed by atoms with E-state index in [1.54, 1.807) is 13.2 Å². The molecule has 1 fully saturated rings. The van der Waals surface area contributed by atoms with Gasteiger partial charge in [0, 0.05) is 5.56 Å². The van der Waals surface area contributed by atoms with E-state index in [4.69, 9.17) is 9.47 Å². The van der Waals surface area contributed by atoms with Crippen LogP contribution in [-0.2, 0) is 4.79 Å². The molecular weight excluding hydrogens is 383 g/mol. The summed E-state index contributed by atoms with van der Waals surface area (Å²) in [5.41, 5.74) is 1.34. The van der Waals surface area contributed by atoms with Gasteiger partial charge in [0.1, 0.15) is 17.3 Å². The third-order valence-electron chi connectivity index (χ3n) is 4.65. The van der Waals surface area contributed by atoms with E-state index in [0.29, 0.717) is 23.0 Å². The maximum Gasteiger partial charge on any atom is 0.234 e. The van der Waals surface area contributed by atoms with Gasteiger partial charge in [0.05, 0.1) is 26.8 Å². The van der Waals surface area contributed by atoms with E-state index in [-0.39, 0.29) is 30.7 Å². The fourth-order valence-corrected chi connectivity index (χ4v) is 3.02. The molecule has 5 nitrogen and oxygen atoms in total. The van der Waals surface area contributed by atoms with Crippen molar-refractivity contribution in [3.8, 4) is 11.5 Å². The lowest BCUT2D eigenvalue weighted by atomic mass is 9.97. The van der Waals surface area contributed by atoms with Gasteiger partial charge in [-0.25, -0.2) is 4.39 Å². The Labute approximate surface area is 171 Å². The average molecular weight is 409 g/mol. The Hall–Kier alpha value is -2.31. The smallest absolute Gasteiger partial charge is 0.234 e. The van der Waals surface area contributed by atoms with Crippen molar-refractivity contribution < 1.29 is 18.7 Å². The van der Waals surface area contributed by atoms with E-state index < -0.39 is 6.04 Å². The van der Waals surface area contributed by atoms with Crippen molar-refractivity contribution >= 4 is 18.3 Å². The number of carbonyl (C=O) groups is 1. The van der Waals surface area contributed by atoms with Gasteiger partial charge in [-0.3, -0.25) is 4.79 Å². The highest BCUT2D eigenvalue weighted by molar-refractivity contribution is 5.85. The Bertz CT molecular complexity index is 799. The third kappa shape index (κ3) is 5.84. The van der Waals surface area contributed by atoms with E-state index in [1.165, 1.54) is 32.1 Å². The lowest BCUT2D eigenvalue weighted by molar-refractivity contribution is -0.120. The Kier molecular flexibility index (Phi) is 8.08. The summed E-state index contributed by atoms with van der Waals surface area (Å²) in [6.45, 7) is 1.06. The summed E-state index contributed by atoms with van der Waals surface area (Å²) in [5.74, 6) is 1.31. The van der Waals surface area contributed by atoms with Crippen LogP contribution in [0.3, 0.4) is 0 Å². The minimum absolute atomic E-state index is 0. The zero-order valence-corrected chi connectivity index (χ0v) is 16.9. The van der Waals surface area contributed by atoms with Gasteiger partial charge in [0.25, 0.3) is 0 Å². The quantitative estimate of drug-likeness (QED) is 0.667. The molecule has 1 atom stereocenters. The van der Waals surface area contributed by atoms with E-state index >= 15 is 0 Å². The SMILES string of the molecule is COc1cccc(C(NC(=O)CNCC2CC2)c2cc(F)ccc2OC)c1.Cl. The van der Waals surface area contributed by atoms with Crippen LogP contribution in [0.4, 0.5) is 4.39 Å². The number of benzene rings is 2. The number of ether oxygens (including phenoxy) is 2. The van der Waals surface area contributed by atoms with Gasteiger partial charge in [0.15, 0.2) is 0 Å². The maximum absolute atomic E-state index is 13.9. The van der Waals surface area contributed by atoms with Crippen LogP contribution in [0, 0.1) is 11.7 Å². The Balaban J connectivity index is 0.00000280. The van der Waals surface area contributed by atoms with Gasteiger partial charge in [0.2, 0.25) is 5.91 Å². The van der Waals surface area contributed by atoms with E-state index in [0.717, 1.165) is 12.1 Å². The van der Waals surface area contributed by atoms with Crippen molar-refractivity contribution in [1.29, 1.82) is 0 Å². The topological polar surface area (TPSA) is 59.6 Å². The molecule has 28 heavy (non-hydrogen) atoms. The molecule has 1 saturated carbocycles. The van der Waals surface area contributed by atoms with Crippen LogP contribution in [0.2, 0.25) is 0 Å². The minimum Gasteiger partial charge on any atom is -0.497 e. The molecular formula is C21H26ClFN2O3. The molecule has 152 valence electrons. The second-order valence-electron chi connectivity index (χ2n) is 6.74.